The average molecular weight is 276 g/mol. The van der Waals surface area contributed by atoms with Gasteiger partial charge in [0.2, 0.25) is 5.91 Å². The van der Waals surface area contributed by atoms with Crippen molar-refractivity contribution in [1.29, 1.82) is 0 Å². The van der Waals surface area contributed by atoms with Crippen molar-refractivity contribution in [3.05, 3.63) is 0 Å². The first-order valence-electron chi connectivity index (χ1n) is 6.45. The fourth-order valence-electron chi connectivity index (χ4n) is 2.21. The molecule has 0 bridgehead atoms. The smallest absolute Gasteiger partial charge is 0.238 e. The summed E-state index contributed by atoms with van der Waals surface area (Å²) in [6, 6.07) is 0.114. The maximum Gasteiger partial charge on any atom is 0.238 e. The van der Waals surface area contributed by atoms with E-state index in [-0.39, 0.29) is 23.5 Å². The minimum Gasteiger partial charge on any atom is -0.336 e. The van der Waals surface area contributed by atoms with Crippen LogP contribution < -0.4 is 0 Å². The third-order valence-corrected chi connectivity index (χ3v) is 5.06. The Morgan fingerprint density at radius 3 is 2.44 bits per heavy atom. The first-order valence-corrected chi connectivity index (χ1v) is 8.27. The quantitative estimate of drug-likeness (QED) is 0.737. The van der Waals surface area contributed by atoms with E-state index in [0.29, 0.717) is 12.5 Å². The largest absolute Gasteiger partial charge is 0.336 e. The highest BCUT2D eigenvalue weighted by Gasteiger charge is 2.32. The van der Waals surface area contributed by atoms with Gasteiger partial charge in [0.15, 0.2) is 9.84 Å². The van der Waals surface area contributed by atoms with E-state index < -0.39 is 9.84 Å². The maximum atomic E-state index is 12.1. The molecule has 106 valence electrons. The molecule has 18 heavy (non-hydrogen) atoms. The van der Waals surface area contributed by atoms with Gasteiger partial charge in [-0.15, -0.1) is 0 Å². The van der Waals surface area contributed by atoms with Crippen LogP contribution in [0.4, 0.5) is 0 Å². The van der Waals surface area contributed by atoms with Crippen molar-refractivity contribution in [2.45, 2.75) is 26.8 Å². The van der Waals surface area contributed by atoms with E-state index in [1.165, 1.54) is 0 Å². The van der Waals surface area contributed by atoms with Crippen LogP contribution in [0.15, 0.2) is 0 Å². The van der Waals surface area contributed by atoms with Crippen LogP contribution in [-0.4, -0.2) is 68.4 Å². The SMILES string of the molecule is CCS(=O)(=O)CC(=O)N1CCN(C)C[C@H]1C(C)C. The van der Waals surface area contributed by atoms with Crippen molar-refractivity contribution in [3.63, 3.8) is 0 Å². The van der Waals surface area contributed by atoms with E-state index in [4.69, 9.17) is 0 Å². The number of rotatable bonds is 4. The summed E-state index contributed by atoms with van der Waals surface area (Å²) >= 11 is 0. The summed E-state index contributed by atoms with van der Waals surface area (Å²) in [5, 5.41) is 0. The number of hydrogen-bond acceptors (Lipinski definition) is 4. The fourth-order valence-corrected chi connectivity index (χ4v) is 2.95. The molecule has 0 aromatic rings. The Bertz CT molecular complexity index is 392. The van der Waals surface area contributed by atoms with Crippen molar-refractivity contribution in [2.75, 3.05) is 38.2 Å². The zero-order valence-corrected chi connectivity index (χ0v) is 12.5. The molecule has 0 aromatic carbocycles. The first-order chi connectivity index (χ1) is 8.26. The number of likely N-dealkylation sites (N-methyl/N-ethyl adjacent to an activating group) is 1. The number of nitrogens with zero attached hydrogens (tertiary/aromatic N) is 2. The highest BCUT2D eigenvalue weighted by molar-refractivity contribution is 7.92. The molecule has 1 saturated heterocycles. The van der Waals surface area contributed by atoms with Crippen LogP contribution in [0.3, 0.4) is 0 Å². The van der Waals surface area contributed by atoms with Gasteiger partial charge in [0, 0.05) is 31.4 Å². The topological polar surface area (TPSA) is 57.7 Å². The Morgan fingerprint density at radius 2 is 1.94 bits per heavy atom. The van der Waals surface area contributed by atoms with E-state index in [1.54, 1.807) is 11.8 Å². The van der Waals surface area contributed by atoms with E-state index in [1.807, 2.05) is 7.05 Å². The van der Waals surface area contributed by atoms with Crippen LogP contribution in [0, 0.1) is 5.92 Å². The second kappa shape index (κ2) is 6.02. The van der Waals surface area contributed by atoms with Crippen molar-refractivity contribution >= 4 is 15.7 Å². The lowest BCUT2D eigenvalue weighted by Crippen LogP contribution is -2.57. The molecule has 1 aliphatic rings. The second-order valence-corrected chi connectivity index (χ2v) is 7.69. The molecule has 0 spiro atoms. The monoisotopic (exact) mass is 276 g/mol. The number of sulfone groups is 1. The number of piperazine rings is 1. The molecule has 1 amide bonds. The van der Waals surface area contributed by atoms with Crippen molar-refractivity contribution in [1.82, 2.24) is 9.80 Å². The van der Waals surface area contributed by atoms with E-state index in [9.17, 15) is 13.2 Å². The molecule has 0 aromatic heterocycles. The van der Waals surface area contributed by atoms with Gasteiger partial charge in [-0.05, 0) is 13.0 Å². The summed E-state index contributed by atoms with van der Waals surface area (Å²) in [6.07, 6.45) is 0. The van der Waals surface area contributed by atoms with Gasteiger partial charge in [0.1, 0.15) is 5.75 Å². The summed E-state index contributed by atoms with van der Waals surface area (Å²) in [7, 11) is -1.21. The molecule has 0 aliphatic carbocycles. The molecule has 0 N–H and O–H groups in total. The molecule has 1 aliphatic heterocycles. The predicted molar refractivity (Wildman–Crippen MR) is 72.2 cm³/mol. The first kappa shape index (κ1) is 15.4. The molecule has 0 radical (unpaired) electrons. The van der Waals surface area contributed by atoms with Crippen LogP contribution >= 0.6 is 0 Å². The third-order valence-electron chi connectivity index (χ3n) is 3.49. The Labute approximate surface area is 110 Å². The Kier molecular flexibility index (Phi) is 5.16. The fraction of sp³-hybridized carbons (Fsp3) is 0.917. The average Bonchev–Trinajstić information content (AvgIpc) is 2.28. The van der Waals surface area contributed by atoms with Gasteiger partial charge in [-0.3, -0.25) is 4.79 Å². The molecular weight excluding hydrogens is 252 g/mol. The number of carbonyl (C=O) groups is 1. The maximum absolute atomic E-state index is 12.1. The van der Waals surface area contributed by atoms with Crippen molar-refractivity contribution < 1.29 is 13.2 Å². The standard InChI is InChI=1S/C12H24N2O3S/c1-5-18(16,17)9-12(15)14-7-6-13(4)8-11(14)10(2)3/h10-11H,5-9H2,1-4H3/t11-/m0/s1. The third kappa shape index (κ3) is 3.95. The number of hydrogen-bond donors (Lipinski definition) is 0. The lowest BCUT2D eigenvalue weighted by molar-refractivity contribution is -0.134. The summed E-state index contributed by atoms with van der Waals surface area (Å²) in [5.74, 6) is -0.236. The van der Waals surface area contributed by atoms with Gasteiger partial charge in [-0.2, -0.15) is 0 Å². The highest BCUT2D eigenvalue weighted by atomic mass is 32.2. The normalized spacial score (nSPS) is 22.5. The molecule has 0 saturated carbocycles. The lowest BCUT2D eigenvalue weighted by atomic mass is 10.00. The van der Waals surface area contributed by atoms with Crippen LogP contribution in [0.1, 0.15) is 20.8 Å². The molecule has 6 heteroatoms. The van der Waals surface area contributed by atoms with Gasteiger partial charge < -0.3 is 9.80 Å². The molecule has 1 atom stereocenters. The van der Waals surface area contributed by atoms with E-state index in [0.717, 1.165) is 13.1 Å². The highest BCUT2D eigenvalue weighted by Crippen LogP contribution is 2.17. The molecule has 5 nitrogen and oxygen atoms in total. The minimum absolute atomic E-state index is 0.0266. The van der Waals surface area contributed by atoms with Crippen molar-refractivity contribution in [3.8, 4) is 0 Å². The number of carbonyl (C=O) groups excluding carboxylic acids is 1. The zero-order valence-electron chi connectivity index (χ0n) is 11.7. The predicted octanol–water partition coefficient (Wildman–Crippen LogP) is 0.220. The van der Waals surface area contributed by atoms with Crippen molar-refractivity contribution in [2.24, 2.45) is 5.92 Å². The van der Waals surface area contributed by atoms with Crippen LogP contribution in [0.2, 0.25) is 0 Å². The molecule has 1 rings (SSSR count). The molecular formula is C12H24N2O3S. The van der Waals surface area contributed by atoms with Crippen LogP contribution in [0.25, 0.3) is 0 Å². The van der Waals surface area contributed by atoms with E-state index >= 15 is 0 Å². The van der Waals surface area contributed by atoms with Gasteiger partial charge in [-0.25, -0.2) is 8.42 Å². The van der Waals surface area contributed by atoms with Crippen LogP contribution in [-0.2, 0) is 14.6 Å². The molecule has 0 unspecified atom stereocenters. The summed E-state index contributed by atoms with van der Waals surface area (Å²) in [5.41, 5.74) is 0. The molecule has 1 fully saturated rings. The Balaban J connectivity index is 2.77. The number of amides is 1. The van der Waals surface area contributed by atoms with Gasteiger partial charge in [0.05, 0.1) is 0 Å². The van der Waals surface area contributed by atoms with Gasteiger partial charge >= 0.3 is 0 Å². The Hall–Kier alpha value is -0.620. The van der Waals surface area contributed by atoms with Gasteiger partial charge in [0.25, 0.3) is 0 Å². The second-order valence-electron chi connectivity index (χ2n) is 5.34. The van der Waals surface area contributed by atoms with Gasteiger partial charge in [-0.1, -0.05) is 20.8 Å². The van der Waals surface area contributed by atoms with Crippen LogP contribution in [0.5, 0.6) is 0 Å². The summed E-state index contributed by atoms with van der Waals surface area (Å²) < 4.78 is 23.1. The lowest BCUT2D eigenvalue weighted by Gasteiger charge is -2.42. The Morgan fingerprint density at radius 1 is 1.33 bits per heavy atom. The zero-order chi connectivity index (χ0) is 13.9. The summed E-state index contributed by atoms with van der Waals surface area (Å²) in [4.78, 5) is 16.1. The minimum atomic E-state index is -3.24. The van der Waals surface area contributed by atoms with E-state index in [2.05, 4.69) is 18.7 Å². The summed E-state index contributed by atoms with van der Waals surface area (Å²) in [6.45, 7) is 7.96. The molecule has 1 heterocycles.